The lowest BCUT2D eigenvalue weighted by atomic mass is 9.35. The van der Waals surface area contributed by atoms with Crippen molar-refractivity contribution in [2.24, 2.45) is 0 Å². The Morgan fingerprint density at radius 2 is 0.886 bits per heavy atom. The van der Waals surface area contributed by atoms with Gasteiger partial charge < -0.3 is 24.0 Å². The summed E-state index contributed by atoms with van der Waals surface area (Å²) < 4.78 is 8.01. The molecule has 12 aromatic carbocycles. The molecule has 518 valence electrons. The monoisotopic (exact) mass is 1360 g/mol. The SMILES string of the molecule is CC(C)(C)c1ccc(N(c2ccc3c(c2)N(c2ccc4c(c2)C2(CCCC2)c2ccccc2-4)c2cc(N(c4ccccc4)c4ccccc4)cc4c2B3c2oc3cc5c(cc3c2N4c2ccc(-c3ccc4c(c3)C(C)(C)CCC4(C)C)cc2)C(C)(C)CCC5(C)C)c2ccccc2-c2ccccc2)cc1. The van der Waals surface area contributed by atoms with Crippen molar-refractivity contribution < 1.29 is 4.42 Å². The van der Waals surface area contributed by atoms with Crippen molar-refractivity contribution in [2.45, 2.75) is 160 Å². The Morgan fingerprint density at radius 1 is 0.362 bits per heavy atom. The molecule has 0 amide bonds. The van der Waals surface area contributed by atoms with Gasteiger partial charge in [0.05, 0.1) is 22.7 Å². The van der Waals surface area contributed by atoms with Gasteiger partial charge in [-0.05, 0) is 246 Å². The van der Waals surface area contributed by atoms with Crippen LogP contribution in [0.4, 0.5) is 68.2 Å². The largest absolute Gasteiger partial charge is 0.468 e. The van der Waals surface area contributed by atoms with Gasteiger partial charge in [-0.1, -0.05) is 253 Å². The summed E-state index contributed by atoms with van der Waals surface area (Å²) in [6, 6.07) is 103. The Labute approximate surface area is 621 Å². The zero-order chi connectivity index (χ0) is 71.7. The smallest absolute Gasteiger partial charge is 0.297 e. The summed E-state index contributed by atoms with van der Waals surface area (Å²) in [6.45, 7) is 26.1. The number of benzene rings is 12. The molecule has 0 saturated heterocycles. The quantitative estimate of drug-likeness (QED) is 0.127. The van der Waals surface area contributed by atoms with E-state index in [-0.39, 0.29) is 39.2 Å². The maximum absolute atomic E-state index is 8.01. The van der Waals surface area contributed by atoms with Gasteiger partial charge in [-0.25, -0.2) is 0 Å². The lowest BCUT2D eigenvalue weighted by Gasteiger charge is -2.44. The van der Waals surface area contributed by atoms with E-state index in [2.05, 4.69) is 363 Å². The summed E-state index contributed by atoms with van der Waals surface area (Å²) in [5.41, 5.74) is 34.9. The van der Waals surface area contributed by atoms with Crippen molar-refractivity contribution in [1.29, 1.82) is 0 Å². The normalized spacial score (nSPS) is 17.1. The van der Waals surface area contributed by atoms with Gasteiger partial charge in [0.1, 0.15) is 5.58 Å². The summed E-state index contributed by atoms with van der Waals surface area (Å²) in [7, 11) is 0. The van der Waals surface area contributed by atoms with Gasteiger partial charge in [-0.3, -0.25) is 0 Å². The molecular formula is C99H93BN4O. The molecule has 6 heteroatoms. The maximum Gasteiger partial charge on any atom is 0.297 e. The molecule has 0 radical (unpaired) electrons. The minimum absolute atomic E-state index is 0.0366. The molecule has 5 nitrogen and oxygen atoms in total. The lowest BCUT2D eigenvalue weighted by Crippen LogP contribution is -2.61. The minimum atomic E-state index is -0.332. The van der Waals surface area contributed by atoms with Crippen LogP contribution in [0.2, 0.25) is 0 Å². The fraction of sp³-hybridized carbons (Fsp3) is 0.253. The molecule has 1 fully saturated rings. The third kappa shape index (κ3) is 10.3. The molecule has 1 aromatic heterocycles. The molecule has 0 N–H and O–H groups in total. The van der Waals surface area contributed by atoms with E-state index in [4.69, 9.17) is 4.42 Å². The van der Waals surface area contributed by atoms with E-state index in [0.29, 0.717) is 0 Å². The molecule has 105 heavy (non-hydrogen) atoms. The summed E-state index contributed by atoms with van der Waals surface area (Å²) >= 11 is 0. The molecule has 1 saturated carbocycles. The predicted molar refractivity (Wildman–Crippen MR) is 444 cm³/mol. The minimum Gasteiger partial charge on any atom is -0.468 e. The van der Waals surface area contributed by atoms with E-state index >= 15 is 0 Å². The number of hydrogen-bond donors (Lipinski definition) is 0. The summed E-state index contributed by atoms with van der Waals surface area (Å²) in [5, 5.41) is 1.14. The molecule has 0 bridgehead atoms. The van der Waals surface area contributed by atoms with Crippen LogP contribution in [0.1, 0.15) is 166 Å². The Hall–Kier alpha value is -10.6. The van der Waals surface area contributed by atoms with Crippen LogP contribution in [0, 0.1) is 0 Å². The van der Waals surface area contributed by atoms with Gasteiger partial charge in [0.25, 0.3) is 6.71 Å². The first-order chi connectivity index (χ1) is 50.6. The fourth-order valence-electron chi connectivity index (χ4n) is 19.7. The van der Waals surface area contributed by atoms with Crippen molar-refractivity contribution in [1.82, 2.24) is 0 Å². The van der Waals surface area contributed by atoms with Gasteiger partial charge in [-0.2, -0.15) is 0 Å². The van der Waals surface area contributed by atoms with E-state index in [1.165, 1.54) is 96.9 Å². The van der Waals surface area contributed by atoms with E-state index in [1.54, 1.807) is 0 Å². The zero-order valence-electron chi connectivity index (χ0n) is 62.8. The van der Waals surface area contributed by atoms with Crippen molar-refractivity contribution in [3.63, 3.8) is 0 Å². The lowest BCUT2D eigenvalue weighted by molar-refractivity contribution is 0.332. The molecule has 3 heterocycles. The van der Waals surface area contributed by atoms with Crippen LogP contribution in [0.25, 0.3) is 44.3 Å². The number of hydrogen-bond acceptors (Lipinski definition) is 5. The highest BCUT2D eigenvalue weighted by molar-refractivity contribution is 7.00. The van der Waals surface area contributed by atoms with Gasteiger partial charge in [0.2, 0.25) is 0 Å². The van der Waals surface area contributed by atoms with Crippen LogP contribution in [-0.4, -0.2) is 6.71 Å². The molecule has 0 atom stereocenters. The molecule has 2 aliphatic heterocycles. The first-order valence-corrected chi connectivity index (χ1v) is 38.6. The van der Waals surface area contributed by atoms with E-state index in [1.807, 2.05) is 0 Å². The highest BCUT2D eigenvalue weighted by Gasteiger charge is 2.51. The number of anilines is 12. The summed E-state index contributed by atoms with van der Waals surface area (Å²) in [4.78, 5) is 10.3. The Morgan fingerprint density at radius 3 is 1.54 bits per heavy atom. The number of para-hydroxylation sites is 3. The predicted octanol–water partition coefficient (Wildman–Crippen LogP) is 25.6. The van der Waals surface area contributed by atoms with Crippen LogP contribution < -0.4 is 36.2 Å². The van der Waals surface area contributed by atoms with Crippen LogP contribution in [0.3, 0.4) is 0 Å². The average molecular weight is 1370 g/mol. The van der Waals surface area contributed by atoms with Crippen molar-refractivity contribution in [3.8, 4) is 33.4 Å². The van der Waals surface area contributed by atoms with Crippen LogP contribution in [0.15, 0.2) is 271 Å². The van der Waals surface area contributed by atoms with Crippen LogP contribution >= 0.6 is 0 Å². The molecule has 13 aromatic rings. The Bertz CT molecular complexity index is 5570. The second-order valence-electron chi connectivity index (χ2n) is 34.9. The number of fused-ring (bicyclic) bond motifs is 13. The molecule has 0 unspecified atom stereocenters. The zero-order valence-corrected chi connectivity index (χ0v) is 62.8. The topological polar surface area (TPSA) is 26.1 Å². The molecule has 6 aliphatic rings. The molecule has 1 spiro atoms. The third-order valence-electron chi connectivity index (χ3n) is 25.6. The standard InChI is InChI=1S/C99H93BN4O/c1-94(2,3)67-40-44-70(45-41-67)102(86-36-24-22-33-75(86)65-27-15-12-16-28-65)73-47-50-85-87(59-73)103(72-46-48-77-76-34-21-23-35-79(76)99(81(77)58-72)51-25-26-52-99)88-60-74(101(68-29-17-13-18-30-68)69-31-19-14-20-32-69)61-89-91(88)100(85)93-92(78-62-83-84(63-90(78)105-93)98(10,11)56-55-97(83,8)9)104(89)71-42-37-64(38-43-71)66-39-49-80-82(57-66)96(6,7)54-53-95(80,4)5/h12-24,27-50,57-63H,25-26,51-56H2,1-11H3. The summed E-state index contributed by atoms with van der Waals surface area (Å²) in [6.07, 6.45) is 9.22. The number of furan rings is 1. The summed E-state index contributed by atoms with van der Waals surface area (Å²) in [5.74, 6) is 0. The highest BCUT2D eigenvalue weighted by atomic mass is 16.3. The second-order valence-corrected chi connectivity index (χ2v) is 34.9. The van der Waals surface area contributed by atoms with E-state index < -0.39 is 0 Å². The van der Waals surface area contributed by atoms with Crippen LogP contribution in [0.5, 0.6) is 0 Å². The molecule has 4 aliphatic carbocycles. The fourth-order valence-corrected chi connectivity index (χ4v) is 19.7. The van der Waals surface area contributed by atoms with Gasteiger partial charge >= 0.3 is 0 Å². The maximum atomic E-state index is 8.01. The Kier molecular flexibility index (Phi) is 14.7. The Balaban J connectivity index is 0.922. The number of nitrogens with zero attached hydrogens (tertiary/aromatic N) is 4. The average Bonchev–Trinajstić information content (AvgIpc) is 1.45. The van der Waals surface area contributed by atoms with E-state index in [0.717, 1.165) is 123 Å². The van der Waals surface area contributed by atoms with Crippen LogP contribution in [-0.2, 0) is 32.5 Å². The van der Waals surface area contributed by atoms with Crippen molar-refractivity contribution >= 4 is 103 Å². The number of rotatable bonds is 10. The van der Waals surface area contributed by atoms with Gasteiger partial charge in [0.15, 0.2) is 0 Å². The van der Waals surface area contributed by atoms with E-state index in [9.17, 15) is 0 Å². The molecule has 19 rings (SSSR count). The first-order valence-electron chi connectivity index (χ1n) is 38.6. The first kappa shape index (κ1) is 65.2. The highest BCUT2D eigenvalue weighted by Crippen LogP contribution is 2.60. The van der Waals surface area contributed by atoms with Gasteiger partial charge in [-0.15, -0.1) is 0 Å². The van der Waals surface area contributed by atoms with Crippen molar-refractivity contribution in [3.05, 3.63) is 306 Å². The second kappa shape index (κ2) is 23.7. The third-order valence-corrected chi connectivity index (χ3v) is 25.6. The van der Waals surface area contributed by atoms with Crippen molar-refractivity contribution in [2.75, 3.05) is 19.6 Å². The molecular weight excluding hydrogens is 1270 g/mol. The van der Waals surface area contributed by atoms with Gasteiger partial charge in [0, 0.05) is 67.6 Å².